The summed E-state index contributed by atoms with van der Waals surface area (Å²) in [4.78, 5) is 1.35. The molecule has 0 radical (unpaired) electrons. The topological polar surface area (TPSA) is 29.5 Å². The van der Waals surface area contributed by atoms with E-state index in [0.29, 0.717) is 6.61 Å². The normalized spacial score (nSPS) is 17.7. The largest absolute Gasteiger partial charge is 0.493 e. The van der Waals surface area contributed by atoms with Gasteiger partial charge in [-0.3, -0.25) is 0 Å². The summed E-state index contributed by atoms with van der Waals surface area (Å²) in [5.41, 5.74) is 2.30. The van der Waals surface area contributed by atoms with Gasteiger partial charge < -0.3 is 9.84 Å². The second kappa shape index (κ2) is 5.12. The van der Waals surface area contributed by atoms with Crippen LogP contribution in [-0.4, -0.2) is 11.7 Å². The lowest BCUT2D eigenvalue weighted by Gasteiger charge is -2.08. The SMILES string of the molecule is O[C@H]1CCc2cc(OCCc3cccs3)ccc21. The Morgan fingerprint density at radius 3 is 3.11 bits per heavy atom. The second-order valence-electron chi connectivity index (χ2n) is 4.59. The predicted molar refractivity (Wildman–Crippen MR) is 73.2 cm³/mol. The van der Waals surface area contributed by atoms with Crippen LogP contribution in [0.3, 0.4) is 0 Å². The average molecular weight is 260 g/mol. The molecule has 2 aromatic rings. The van der Waals surface area contributed by atoms with E-state index in [1.165, 1.54) is 10.4 Å². The highest BCUT2D eigenvalue weighted by molar-refractivity contribution is 7.09. The predicted octanol–water partition coefficient (Wildman–Crippen LogP) is 3.35. The van der Waals surface area contributed by atoms with E-state index < -0.39 is 0 Å². The van der Waals surface area contributed by atoms with E-state index in [0.717, 1.165) is 30.6 Å². The number of rotatable bonds is 4. The maximum Gasteiger partial charge on any atom is 0.119 e. The number of fused-ring (bicyclic) bond motifs is 1. The maximum absolute atomic E-state index is 9.73. The Morgan fingerprint density at radius 1 is 1.33 bits per heavy atom. The molecule has 1 atom stereocenters. The standard InChI is InChI=1S/C15H16O2S/c16-15-6-3-11-10-12(4-5-14(11)15)17-8-7-13-2-1-9-18-13/h1-2,4-5,9-10,15-16H,3,6-8H2/t15-/m0/s1. The summed E-state index contributed by atoms with van der Waals surface area (Å²) in [7, 11) is 0. The summed E-state index contributed by atoms with van der Waals surface area (Å²) >= 11 is 1.77. The van der Waals surface area contributed by atoms with Crippen LogP contribution in [-0.2, 0) is 12.8 Å². The smallest absolute Gasteiger partial charge is 0.119 e. The zero-order valence-corrected chi connectivity index (χ0v) is 11.0. The summed E-state index contributed by atoms with van der Waals surface area (Å²) in [5, 5.41) is 11.8. The lowest BCUT2D eigenvalue weighted by Crippen LogP contribution is -2.00. The van der Waals surface area contributed by atoms with Gasteiger partial charge in [-0.1, -0.05) is 12.1 Å². The first-order valence-electron chi connectivity index (χ1n) is 6.29. The fourth-order valence-electron chi connectivity index (χ4n) is 2.39. The molecule has 3 heteroatoms. The number of aryl methyl sites for hydroxylation is 1. The molecule has 0 bridgehead atoms. The molecule has 0 fully saturated rings. The number of benzene rings is 1. The first-order chi connectivity index (χ1) is 8.83. The number of thiophene rings is 1. The third kappa shape index (κ3) is 2.42. The van der Waals surface area contributed by atoms with Crippen molar-refractivity contribution in [3.05, 3.63) is 51.7 Å². The molecule has 0 saturated carbocycles. The number of aliphatic hydroxyl groups is 1. The van der Waals surface area contributed by atoms with E-state index in [-0.39, 0.29) is 6.10 Å². The van der Waals surface area contributed by atoms with Crippen LogP contribution < -0.4 is 4.74 Å². The molecule has 1 aliphatic rings. The highest BCUT2D eigenvalue weighted by atomic mass is 32.1. The maximum atomic E-state index is 9.73. The highest BCUT2D eigenvalue weighted by Crippen LogP contribution is 2.33. The first-order valence-corrected chi connectivity index (χ1v) is 7.17. The van der Waals surface area contributed by atoms with E-state index in [2.05, 4.69) is 23.6 Å². The molecule has 94 valence electrons. The summed E-state index contributed by atoms with van der Waals surface area (Å²) in [6.07, 6.45) is 2.48. The van der Waals surface area contributed by atoms with Crippen LogP contribution in [0.5, 0.6) is 5.75 Å². The van der Waals surface area contributed by atoms with Crippen molar-refractivity contribution < 1.29 is 9.84 Å². The molecule has 3 rings (SSSR count). The minimum atomic E-state index is -0.278. The Labute approximate surface area is 111 Å². The van der Waals surface area contributed by atoms with E-state index >= 15 is 0 Å². The molecule has 0 spiro atoms. The monoisotopic (exact) mass is 260 g/mol. The minimum absolute atomic E-state index is 0.278. The quantitative estimate of drug-likeness (QED) is 0.913. The van der Waals surface area contributed by atoms with Gasteiger partial charge in [-0.2, -0.15) is 0 Å². The van der Waals surface area contributed by atoms with Crippen molar-refractivity contribution in [1.82, 2.24) is 0 Å². The van der Waals surface area contributed by atoms with Gasteiger partial charge in [0, 0.05) is 11.3 Å². The average Bonchev–Trinajstić information content (AvgIpc) is 3.00. The van der Waals surface area contributed by atoms with Gasteiger partial charge in [0.25, 0.3) is 0 Å². The molecule has 0 aliphatic heterocycles. The van der Waals surface area contributed by atoms with Crippen LogP contribution in [0, 0.1) is 0 Å². The molecule has 1 aliphatic carbocycles. The number of hydrogen-bond acceptors (Lipinski definition) is 3. The fourth-order valence-corrected chi connectivity index (χ4v) is 3.08. The molecule has 18 heavy (non-hydrogen) atoms. The lowest BCUT2D eigenvalue weighted by atomic mass is 10.1. The van der Waals surface area contributed by atoms with Gasteiger partial charge in [0.05, 0.1) is 12.7 Å². The van der Waals surface area contributed by atoms with Gasteiger partial charge in [0.2, 0.25) is 0 Å². The Balaban J connectivity index is 1.60. The highest BCUT2D eigenvalue weighted by Gasteiger charge is 2.20. The molecule has 0 amide bonds. The van der Waals surface area contributed by atoms with Crippen LogP contribution >= 0.6 is 11.3 Å². The van der Waals surface area contributed by atoms with Crippen LogP contribution in [0.25, 0.3) is 0 Å². The Hall–Kier alpha value is -1.32. The minimum Gasteiger partial charge on any atom is -0.493 e. The lowest BCUT2D eigenvalue weighted by molar-refractivity contribution is 0.180. The van der Waals surface area contributed by atoms with Gasteiger partial charge in [-0.05, 0) is 47.5 Å². The number of aliphatic hydroxyl groups excluding tert-OH is 1. The number of hydrogen-bond donors (Lipinski definition) is 1. The summed E-state index contributed by atoms with van der Waals surface area (Å²) in [6, 6.07) is 10.2. The Kier molecular flexibility index (Phi) is 3.35. The van der Waals surface area contributed by atoms with Gasteiger partial charge >= 0.3 is 0 Å². The van der Waals surface area contributed by atoms with E-state index in [9.17, 15) is 5.11 Å². The first kappa shape index (κ1) is 11.8. The molecule has 0 saturated heterocycles. The van der Waals surface area contributed by atoms with Gasteiger partial charge in [0.1, 0.15) is 5.75 Å². The molecular weight excluding hydrogens is 244 g/mol. The summed E-state index contributed by atoms with van der Waals surface area (Å²) in [5.74, 6) is 0.916. The molecule has 1 aromatic carbocycles. The van der Waals surface area contributed by atoms with Crippen LogP contribution in [0.2, 0.25) is 0 Å². The van der Waals surface area contributed by atoms with E-state index in [1.807, 2.05) is 12.1 Å². The van der Waals surface area contributed by atoms with Crippen LogP contribution in [0.4, 0.5) is 0 Å². The summed E-state index contributed by atoms with van der Waals surface area (Å²) < 4.78 is 5.76. The van der Waals surface area contributed by atoms with Crippen molar-refractivity contribution in [2.45, 2.75) is 25.4 Å². The fraction of sp³-hybridized carbons (Fsp3) is 0.333. The molecule has 0 unspecified atom stereocenters. The molecule has 1 aromatic heterocycles. The van der Waals surface area contributed by atoms with Crippen molar-refractivity contribution >= 4 is 11.3 Å². The van der Waals surface area contributed by atoms with Crippen molar-refractivity contribution in [2.24, 2.45) is 0 Å². The second-order valence-corrected chi connectivity index (χ2v) is 5.63. The van der Waals surface area contributed by atoms with Gasteiger partial charge in [-0.15, -0.1) is 11.3 Å². The van der Waals surface area contributed by atoms with E-state index in [4.69, 9.17) is 4.74 Å². The van der Waals surface area contributed by atoms with Gasteiger partial charge in [-0.25, -0.2) is 0 Å². The third-order valence-corrected chi connectivity index (χ3v) is 4.29. The van der Waals surface area contributed by atoms with Crippen molar-refractivity contribution in [1.29, 1.82) is 0 Å². The zero-order valence-electron chi connectivity index (χ0n) is 10.1. The Bertz CT molecular complexity index is 519. The zero-order chi connectivity index (χ0) is 12.4. The van der Waals surface area contributed by atoms with Crippen molar-refractivity contribution in [2.75, 3.05) is 6.61 Å². The van der Waals surface area contributed by atoms with Gasteiger partial charge in [0.15, 0.2) is 0 Å². The van der Waals surface area contributed by atoms with E-state index in [1.54, 1.807) is 11.3 Å². The molecule has 2 nitrogen and oxygen atoms in total. The Morgan fingerprint density at radius 2 is 2.28 bits per heavy atom. The van der Waals surface area contributed by atoms with Crippen LogP contribution in [0.1, 0.15) is 28.5 Å². The molecular formula is C15H16O2S. The summed E-state index contributed by atoms with van der Waals surface area (Å²) in [6.45, 7) is 0.710. The molecule has 1 N–H and O–H groups in total. The third-order valence-electron chi connectivity index (χ3n) is 3.36. The number of ether oxygens (including phenoxy) is 1. The van der Waals surface area contributed by atoms with Crippen molar-refractivity contribution in [3.63, 3.8) is 0 Å². The van der Waals surface area contributed by atoms with Crippen LogP contribution in [0.15, 0.2) is 35.7 Å². The van der Waals surface area contributed by atoms with Crippen molar-refractivity contribution in [3.8, 4) is 5.75 Å². The molecule has 1 heterocycles.